The van der Waals surface area contributed by atoms with Crippen molar-refractivity contribution in [1.29, 1.82) is 0 Å². The van der Waals surface area contributed by atoms with Gasteiger partial charge in [0.25, 0.3) is 5.91 Å². The van der Waals surface area contributed by atoms with Crippen LogP contribution in [0.1, 0.15) is 24.1 Å². The Hall–Kier alpha value is -3.28. The molecule has 0 radical (unpaired) electrons. The van der Waals surface area contributed by atoms with Gasteiger partial charge in [-0.25, -0.2) is 4.79 Å². The number of benzene rings is 2. The smallest absolute Gasteiger partial charge is 0.331 e. The number of hydrogen-bond acceptors (Lipinski definition) is 5. The summed E-state index contributed by atoms with van der Waals surface area (Å²) in [5, 5.41) is 2.78. The molecular formula is C20H19NO5. The lowest BCUT2D eigenvalue weighted by Crippen LogP contribution is -2.30. The van der Waals surface area contributed by atoms with Crippen LogP contribution < -0.4 is 14.8 Å². The Morgan fingerprint density at radius 2 is 1.92 bits per heavy atom. The summed E-state index contributed by atoms with van der Waals surface area (Å²) < 4.78 is 15.5. The predicted octanol–water partition coefficient (Wildman–Crippen LogP) is 2.85. The van der Waals surface area contributed by atoms with Crippen LogP contribution in [0, 0.1) is 0 Å². The van der Waals surface area contributed by atoms with E-state index >= 15 is 0 Å². The molecule has 6 nitrogen and oxygen atoms in total. The number of fused-ring (bicyclic) bond motifs is 1. The van der Waals surface area contributed by atoms with Gasteiger partial charge in [0.2, 0.25) is 6.79 Å². The summed E-state index contributed by atoms with van der Waals surface area (Å²) in [5.41, 5.74) is 1.75. The van der Waals surface area contributed by atoms with E-state index in [9.17, 15) is 9.59 Å². The molecule has 0 bridgehead atoms. The van der Waals surface area contributed by atoms with E-state index in [1.54, 1.807) is 24.3 Å². The molecule has 1 N–H and O–H groups in total. The number of esters is 1. The van der Waals surface area contributed by atoms with E-state index < -0.39 is 5.97 Å². The van der Waals surface area contributed by atoms with Gasteiger partial charge in [0.1, 0.15) is 0 Å². The lowest BCUT2D eigenvalue weighted by Gasteiger charge is -2.13. The quantitative estimate of drug-likeness (QED) is 0.638. The fourth-order valence-electron chi connectivity index (χ4n) is 2.47. The van der Waals surface area contributed by atoms with Gasteiger partial charge in [-0.15, -0.1) is 0 Å². The minimum absolute atomic E-state index is 0.161. The summed E-state index contributed by atoms with van der Waals surface area (Å²) >= 11 is 0. The van der Waals surface area contributed by atoms with Crippen LogP contribution in [0.15, 0.2) is 54.6 Å². The Balaban J connectivity index is 1.45. The molecule has 1 aliphatic rings. The molecule has 1 aliphatic heterocycles. The number of ether oxygens (including phenoxy) is 3. The molecule has 26 heavy (non-hydrogen) atoms. The maximum absolute atomic E-state index is 11.9. The van der Waals surface area contributed by atoms with E-state index in [2.05, 4.69) is 5.32 Å². The van der Waals surface area contributed by atoms with E-state index in [0.717, 1.165) is 11.1 Å². The van der Waals surface area contributed by atoms with Gasteiger partial charge >= 0.3 is 5.97 Å². The van der Waals surface area contributed by atoms with Crippen molar-refractivity contribution in [3.8, 4) is 11.5 Å². The van der Waals surface area contributed by atoms with E-state index in [1.807, 2.05) is 37.3 Å². The van der Waals surface area contributed by atoms with Crippen molar-refractivity contribution in [2.45, 2.75) is 13.0 Å². The molecule has 0 spiro atoms. The third-order valence-electron chi connectivity index (χ3n) is 3.83. The van der Waals surface area contributed by atoms with Crippen LogP contribution in [0.25, 0.3) is 6.08 Å². The zero-order chi connectivity index (χ0) is 18.4. The minimum atomic E-state index is -0.592. The normalized spacial score (nSPS) is 13.4. The second-order valence-corrected chi connectivity index (χ2v) is 5.75. The highest BCUT2D eigenvalue weighted by molar-refractivity contribution is 5.89. The molecule has 1 amide bonds. The Labute approximate surface area is 151 Å². The molecule has 2 aromatic rings. The second-order valence-electron chi connectivity index (χ2n) is 5.75. The molecule has 134 valence electrons. The van der Waals surface area contributed by atoms with Crippen molar-refractivity contribution in [3.05, 3.63) is 65.7 Å². The fourth-order valence-corrected chi connectivity index (χ4v) is 2.47. The van der Waals surface area contributed by atoms with Gasteiger partial charge in [-0.1, -0.05) is 36.4 Å². The summed E-state index contributed by atoms with van der Waals surface area (Å²) in [4.78, 5) is 23.7. The van der Waals surface area contributed by atoms with Crippen LogP contribution in [0.4, 0.5) is 0 Å². The monoisotopic (exact) mass is 353 g/mol. The Morgan fingerprint density at radius 3 is 2.73 bits per heavy atom. The van der Waals surface area contributed by atoms with Gasteiger partial charge in [0, 0.05) is 6.08 Å². The van der Waals surface area contributed by atoms with Crippen molar-refractivity contribution in [2.24, 2.45) is 0 Å². The van der Waals surface area contributed by atoms with Crippen molar-refractivity contribution < 1.29 is 23.8 Å². The highest BCUT2D eigenvalue weighted by atomic mass is 16.7. The first-order valence-corrected chi connectivity index (χ1v) is 8.20. The molecule has 0 aromatic heterocycles. The zero-order valence-electron chi connectivity index (χ0n) is 14.3. The molecule has 6 heteroatoms. The fraction of sp³-hybridized carbons (Fsp3) is 0.200. The summed E-state index contributed by atoms with van der Waals surface area (Å²) in [7, 11) is 0. The summed E-state index contributed by atoms with van der Waals surface area (Å²) in [6.45, 7) is 1.73. The predicted molar refractivity (Wildman–Crippen MR) is 95.6 cm³/mol. The highest BCUT2D eigenvalue weighted by Crippen LogP contribution is 2.32. The van der Waals surface area contributed by atoms with Gasteiger partial charge in [-0.05, 0) is 36.3 Å². The number of carbonyl (C=O) groups excluding carboxylic acids is 2. The average Bonchev–Trinajstić information content (AvgIpc) is 3.13. The first kappa shape index (κ1) is 17.5. The molecule has 0 saturated carbocycles. The maximum atomic E-state index is 11.9. The zero-order valence-corrected chi connectivity index (χ0v) is 14.3. The molecule has 3 rings (SSSR count). The minimum Gasteiger partial charge on any atom is -0.454 e. The SMILES string of the molecule is CC(NC(=O)COC(=O)/C=C/c1ccc2c(c1)OCO2)c1ccccc1. The van der Waals surface area contributed by atoms with Crippen LogP contribution >= 0.6 is 0 Å². The summed E-state index contributed by atoms with van der Waals surface area (Å²) in [5.74, 6) is 0.361. The number of amides is 1. The van der Waals surface area contributed by atoms with Gasteiger partial charge in [-0.3, -0.25) is 4.79 Å². The van der Waals surface area contributed by atoms with Crippen LogP contribution in [0.5, 0.6) is 11.5 Å². The van der Waals surface area contributed by atoms with E-state index in [0.29, 0.717) is 11.5 Å². The number of rotatable bonds is 6. The lowest BCUT2D eigenvalue weighted by atomic mass is 10.1. The Morgan fingerprint density at radius 1 is 1.15 bits per heavy atom. The lowest BCUT2D eigenvalue weighted by molar-refractivity contribution is -0.144. The molecular weight excluding hydrogens is 334 g/mol. The second kappa shape index (κ2) is 8.20. The van der Waals surface area contributed by atoms with E-state index in [1.165, 1.54) is 6.08 Å². The van der Waals surface area contributed by atoms with Crippen LogP contribution in [0.3, 0.4) is 0 Å². The van der Waals surface area contributed by atoms with Crippen LogP contribution in [-0.2, 0) is 14.3 Å². The van der Waals surface area contributed by atoms with Crippen molar-refractivity contribution in [3.63, 3.8) is 0 Å². The van der Waals surface area contributed by atoms with Gasteiger partial charge in [-0.2, -0.15) is 0 Å². The molecule has 2 aromatic carbocycles. The number of hydrogen-bond donors (Lipinski definition) is 1. The van der Waals surface area contributed by atoms with E-state index in [-0.39, 0.29) is 25.3 Å². The van der Waals surface area contributed by atoms with Crippen LogP contribution in [-0.4, -0.2) is 25.3 Å². The van der Waals surface area contributed by atoms with Gasteiger partial charge in [0.05, 0.1) is 6.04 Å². The topological polar surface area (TPSA) is 73.9 Å². The first-order chi connectivity index (χ1) is 12.6. The molecule has 1 heterocycles. The third-order valence-corrected chi connectivity index (χ3v) is 3.83. The Kier molecular flexibility index (Phi) is 5.53. The Bertz CT molecular complexity index is 816. The first-order valence-electron chi connectivity index (χ1n) is 8.20. The standard InChI is InChI=1S/C20H19NO5/c1-14(16-5-3-2-4-6-16)21-19(22)12-24-20(23)10-8-15-7-9-17-18(11-15)26-13-25-17/h2-11,14H,12-13H2,1H3,(H,21,22)/b10-8+. The molecule has 0 aliphatic carbocycles. The van der Waals surface area contributed by atoms with Crippen molar-refractivity contribution in [1.82, 2.24) is 5.32 Å². The molecule has 1 atom stereocenters. The van der Waals surface area contributed by atoms with Gasteiger partial charge in [0.15, 0.2) is 18.1 Å². The maximum Gasteiger partial charge on any atom is 0.331 e. The summed E-state index contributed by atoms with van der Waals surface area (Å²) in [6, 6.07) is 14.7. The van der Waals surface area contributed by atoms with Gasteiger partial charge < -0.3 is 19.5 Å². The number of nitrogens with one attached hydrogen (secondary N) is 1. The van der Waals surface area contributed by atoms with E-state index in [4.69, 9.17) is 14.2 Å². The highest BCUT2D eigenvalue weighted by Gasteiger charge is 2.13. The van der Waals surface area contributed by atoms with Crippen LogP contribution in [0.2, 0.25) is 0 Å². The third kappa shape index (κ3) is 4.63. The largest absolute Gasteiger partial charge is 0.454 e. The molecule has 0 saturated heterocycles. The van der Waals surface area contributed by atoms with Crippen molar-refractivity contribution in [2.75, 3.05) is 13.4 Å². The average molecular weight is 353 g/mol. The molecule has 0 fully saturated rings. The summed E-state index contributed by atoms with van der Waals surface area (Å²) in [6.07, 6.45) is 2.86. The molecule has 1 unspecified atom stereocenters. The van der Waals surface area contributed by atoms with Crippen molar-refractivity contribution >= 4 is 18.0 Å². The number of carbonyl (C=O) groups is 2.